The molecule has 3 N–H and O–H groups in total. The Hall–Kier alpha value is -2.20. The Morgan fingerprint density at radius 3 is 2.27 bits per heavy atom. The summed E-state index contributed by atoms with van der Waals surface area (Å²) in [5.74, 6) is -0.520. The molecule has 4 heteroatoms. The maximum absolute atomic E-state index is 13.5. The average molecular weight is 300 g/mol. The molecule has 0 aromatic heterocycles. The van der Waals surface area contributed by atoms with E-state index in [1.807, 2.05) is 24.3 Å². The lowest BCUT2D eigenvalue weighted by molar-refractivity contribution is 0.0947. The van der Waals surface area contributed by atoms with Crippen LogP contribution in [0.1, 0.15) is 47.3 Å². The number of nitrogens with two attached hydrogens (primary N) is 1. The Balaban J connectivity index is 1.96. The van der Waals surface area contributed by atoms with Gasteiger partial charge in [-0.25, -0.2) is 4.39 Å². The standard InChI is InChI=1S/C18H21FN2O/c1-12(2)13-7-9-14(10-8-13)17(20)11-21-18(22)15-5-3-4-6-16(15)19/h3-10,12,17H,11,20H2,1-2H3,(H,21,22). The minimum Gasteiger partial charge on any atom is -0.350 e. The predicted octanol–water partition coefficient (Wildman–Crippen LogP) is 3.38. The zero-order valence-corrected chi connectivity index (χ0v) is 12.8. The monoisotopic (exact) mass is 300 g/mol. The molecule has 116 valence electrons. The van der Waals surface area contributed by atoms with Crippen LogP contribution < -0.4 is 11.1 Å². The normalized spacial score (nSPS) is 12.2. The third kappa shape index (κ3) is 3.92. The van der Waals surface area contributed by atoms with Gasteiger partial charge in [0.25, 0.3) is 5.91 Å². The second-order valence-electron chi connectivity index (χ2n) is 5.62. The van der Waals surface area contributed by atoms with E-state index in [9.17, 15) is 9.18 Å². The number of hydrogen-bond donors (Lipinski definition) is 2. The molecule has 0 fully saturated rings. The van der Waals surface area contributed by atoms with Gasteiger partial charge in [-0.05, 0) is 29.2 Å². The fourth-order valence-electron chi connectivity index (χ4n) is 2.19. The van der Waals surface area contributed by atoms with Gasteiger partial charge in [0.05, 0.1) is 5.56 Å². The number of carbonyl (C=O) groups excluding carboxylic acids is 1. The second kappa shape index (κ2) is 7.18. The van der Waals surface area contributed by atoms with E-state index in [-0.39, 0.29) is 18.2 Å². The molecular weight excluding hydrogens is 279 g/mol. The van der Waals surface area contributed by atoms with E-state index in [0.29, 0.717) is 5.92 Å². The van der Waals surface area contributed by atoms with Crippen LogP contribution in [-0.2, 0) is 0 Å². The number of benzene rings is 2. The first kappa shape index (κ1) is 16.2. The summed E-state index contributed by atoms with van der Waals surface area (Å²) in [6.45, 7) is 4.52. The number of carbonyl (C=O) groups is 1. The lowest BCUT2D eigenvalue weighted by atomic mass is 9.99. The molecule has 0 saturated carbocycles. The van der Waals surface area contributed by atoms with Gasteiger partial charge in [0.1, 0.15) is 5.82 Å². The van der Waals surface area contributed by atoms with Crippen LogP contribution in [0.25, 0.3) is 0 Å². The van der Waals surface area contributed by atoms with Gasteiger partial charge in [-0.2, -0.15) is 0 Å². The largest absolute Gasteiger partial charge is 0.350 e. The van der Waals surface area contributed by atoms with Gasteiger partial charge in [0.2, 0.25) is 0 Å². The smallest absolute Gasteiger partial charge is 0.254 e. The molecule has 3 nitrogen and oxygen atoms in total. The van der Waals surface area contributed by atoms with Crippen LogP contribution in [0.3, 0.4) is 0 Å². The third-order valence-electron chi connectivity index (χ3n) is 3.63. The summed E-state index contributed by atoms with van der Waals surface area (Å²) >= 11 is 0. The molecule has 2 aromatic rings. The molecule has 0 saturated heterocycles. The van der Waals surface area contributed by atoms with Crippen LogP contribution in [0.4, 0.5) is 4.39 Å². The molecule has 0 aliphatic carbocycles. The zero-order chi connectivity index (χ0) is 16.1. The molecule has 0 radical (unpaired) electrons. The van der Waals surface area contributed by atoms with Gasteiger partial charge in [0, 0.05) is 12.6 Å². The van der Waals surface area contributed by atoms with Gasteiger partial charge >= 0.3 is 0 Å². The van der Waals surface area contributed by atoms with Gasteiger partial charge in [-0.15, -0.1) is 0 Å². The average Bonchev–Trinajstić information content (AvgIpc) is 2.52. The van der Waals surface area contributed by atoms with Crippen molar-refractivity contribution in [2.24, 2.45) is 5.73 Å². The van der Waals surface area contributed by atoms with Gasteiger partial charge in [-0.1, -0.05) is 50.2 Å². The summed E-state index contributed by atoms with van der Waals surface area (Å²) in [5.41, 5.74) is 8.29. The highest BCUT2D eigenvalue weighted by Gasteiger charge is 2.13. The Morgan fingerprint density at radius 1 is 1.09 bits per heavy atom. The highest BCUT2D eigenvalue weighted by Crippen LogP contribution is 2.17. The zero-order valence-electron chi connectivity index (χ0n) is 12.8. The number of halogens is 1. The topological polar surface area (TPSA) is 55.1 Å². The number of nitrogens with one attached hydrogen (secondary N) is 1. The molecule has 1 unspecified atom stereocenters. The molecule has 0 spiro atoms. The maximum atomic E-state index is 13.5. The molecule has 2 rings (SSSR count). The van der Waals surface area contributed by atoms with Crippen molar-refractivity contribution < 1.29 is 9.18 Å². The van der Waals surface area contributed by atoms with Crippen molar-refractivity contribution in [3.63, 3.8) is 0 Å². The lowest BCUT2D eigenvalue weighted by Crippen LogP contribution is -2.32. The molecule has 22 heavy (non-hydrogen) atoms. The molecule has 0 bridgehead atoms. The van der Waals surface area contributed by atoms with E-state index < -0.39 is 11.7 Å². The van der Waals surface area contributed by atoms with Crippen molar-refractivity contribution in [3.05, 3.63) is 71.0 Å². The summed E-state index contributed by atoms with van der Waals surface area (Å²) < 4.78 is 13.5. The van der Waals surface area contributed by atoms with Crippen molar-refractivity contribution in [1.29, 1.82) is 0 Å². The molecule has 2 aromatic carbocycles. The molecular formula is C18H21FN2O. The Labute approximate surface area is 130 Å². The van der Waals surface area contributed by atoms with Crippen molar-refractivity contribution >= 4 is 5.91 Å². The molecule has 1 atom stereocenters. The van der Waals surface area contributed by atoms with Gasteiger partial charge in [0.15, 0.2) is 0 Å². The first-order chi connectivity index (χ1) is 10.5. The first-order valence-electron chi connectivity index (χ1n) is 7.37. The summed E-state index contributed by atoms with van der Waals surface area (Å²) in [7, 11) is 0. The van der Waals surface area contributed by atoms with E-state index in [4.69, 9.17) is 5.73 Å². The number of amides is 1. The Kier molecular flexibility index (Phi) is 5.28. The lowest BCUT2D eigenvalue weighted by Gasteiger charge is -2.15. The molecule has 1 amide bonds. The maximum Gasteiger partial charge on any atom is 0.254 e. The highest BCUT2D eigenvalue weighted by molar-refractivity contribution is 5.94. The SMILES string of the molecule is CC(C)c1ccc(C(N)CNC(=O)c2ccccc2F)cc1. The summed E-state index contributed by atoms with van der Waals surface area (Å²) in [6.07, 6.45) is 0. The van der Waals surface area contributed by atoms with Crippen molar-refractivity contribution in [1.82, 2.24) is 5.32 Å². The van der Waals surface area contributed by atoms with Crippen LogP contribution in [-0.4, -0.2) is 12.5 Å². The second-order valence-corrected chi connectivity index (χ2v) is 5.62. The van der Waals surface area contributed by atoms with Crippen LogP contribution in [0.2, 0.25) is 0 Å². The van der Waals surface area contributed by atoms with Crippen LogP contribution >= 0.6 is 0 Å². The molecule has 0 aliphatic rings. The third-order valence-corrected chi connectivity index (χ3v) is 3.63. The Bertz CT molecular complexity index is 638. The van der Waals surface area contributed by atoms with Gasteiger partial charge in [-0.3, -0.25) is 4.79 Å². The number of rotatable bonds is 5. The fourth-order valence-corrected chi connectivity index (χ4v) is 2.19. The van der Waals surface area contributed by atoms with Crippen molar-refractivity contribution in [3.8, 4) is 0 Å². The van der Waals surface area contributed by atoms with Crippen LogP contribution in [0, 0.1) is 5.82 Å². The summed E-state index contributed by atoms with van der Waals surface area (Å²) in [5, 5.41) is 2.67. The predicted molar refractivity (Wildman–Crippen MR) is 86.2 cm³/mol. The van der Waals surface area contributed by atoms with E-state index in [2.05, 4.69) is 19.2 Å². The molecule has 0 heterocycles. The van der Waals surface area contributed by atoms with E-state index in [0.717, 1.165) is 5.56 Å². The van der Waals surface area contributed by atoms with Crippen LogP contribution in [0.5, 0.6) is 0 Å². The van der Waals surface area contributed by atoms with Crippen LogP contribution in [0.15, 0.2) is 48.5 Å². The summed E-state index contributed by atoms with van der Waals surface area (Å²) in [4.78, 5) is 11.9. The van der Waals surface area contributed by atoms with E-state index in [1.165, 1.54) is 17.7 Å². The fraction of sp³-hybridized carbons (Fsp3) is 0.278. The van der Waals surface area contributed by atoms with Gasteiger partial charge < -0.3 is 11.1 Å². The van der Waals surface area contributed by atoms with Crippen molar-refractivity contribution in [2.75, 3.05) is 6.54 Å². The molecule has 0 aliphatic heterocycles. The highest BCUT2D eigenvalue weighted by atomic mass is 19.1. The number of hydrogen-bond acceptors (Lipinski definition) is 2. The Morgan fingerprint density at radius 2 is 1.68 bits per heavy atom. The summed E-state index contributed by atoms with van der Waals surface area (Å²) in [6, 6.07) is 13.6. The minimum absolute atomic E-state index is 0.0323. The van der Waals surface area contributed by atoms with E-state index >= 15 is 0 Å². The van der Waals surface area contributed by atoms with E-state index in [1.54, 1.807) is 12.1 Å². The van der Waals surface area contributed by atoms with Crippen molar-refractivity contribution in [2.45, 2.75) is 25.8 Å². The quantitative estimate of drug-likeness (QED) is 0.889. The minimum atomic E-state index is -0.533. The first-order valence-corrected chi connectivity index (χ1v) is 7.37.